The highest BCUT2D eigenvalue weighted by Crippen LogP contribution is 2.42. The van der Waals surface area contributed by atoms with E-state index in [1.807, 2.05) is 0 Å². The van der Waals surface area contributed by atoms with E-state index in [-0.39, 0.29) is 35.1 Å². The Kier molecular flexibility index (Phi) is 7.08. The van der Waals surface area contributed by atoms with Gasteiger partial charge in [-0.3, -0.25) is 9.97 Å². The van der Waals surface area contributed by atoms with Gasteiger partial charge >= 0.3 is 12.1 Å². The maximum atomic E-state index is 14.0. The van der Waals surface area contributed by atoms with Crippen molar-refractivity contribution in [1.82, 2.24) is 24.7 Å². The summed E-state index contributed by atoms with van der Waals surface area (Å²) in [5.41, 5.74) is 0.0616. The molecule has 0 saturated carbocycles. The first-order chi connectivity index (χ1) is 19.4. The van der Waals surface area contributed by atoms with Gasteiger partial charge in [0.05, 0.1) is 35.4 Å². The Bertz CT molecular complexity index is 1710. The van der Waals surface area contributed by atoms with Crippen molar-refractivity contribution in [2.45, 2.75) is 52.7 Å². The van der Waals surface area contributed by atoms with E-state index in [1.54, 1.807) is 71.9 Å². The van der Waals surface area contributed by atoms with Crippen LogP contribution in [0.1, 0.15) is 56.1 Å². The molecule has 0 aliphatic heterocycles. The minimum Gasteiger partial charge on any atom is -0.465 e. The maximum Gasteiger partial charge on any atom is 0.423 e. The van der Waals surface area contributed by atoms with E-state index in [0.717, 1.165) is 6.20 Å². The molecule has 0 aliphatic rings. The predicted octanol–water partition coefficient (Wildman–Crippen LogP) is 5.70. The molecule has 0 spiro atoms. The van der Waals surface area contributed by atoms with Crippen LogP contribution in [0, 0.1) is 19.7 Å². The number of nitrogens with zero attached hydrogens (tertiary/aromatic N) is 5. The predicted molar refractivity (Wildman–Crippen MR) is 148 cm³/mol. The summed E-state index contributed by atoms with van der Waals surface area (Å²) in [5.74, 6) is -0.0398. The zero-order valence-corrected chi connectivity index (χ0v) is 23.6. The molecule has 4 aromatic heterocycles. The zero-order chi connectivity index (χ0) is 29.5. The van der Waals surface area contributed by atoms with E-state index in [4.69, 9.17) is 14.0 Å². The quantitative estimate of drug-likeness (QED) is 0.279. The highest BCUT2D eigenvalue weighted by atomic mass is 19.1. The molecule has 10 nitrogen and oxygen atoms in total. The van der Waals surface area contributed by atoms with Crippen molar-refractivity contribution in [3.63, 3.8) is 0 Å². The van der Waals surface area contributed by atoms with Gasteiger partial charge in [-0.1, -0.05) is 11.2 Å². The summed E-state index contributed by atoms with van der Waals surface area (Å²) >= 11 is 0. The van der Waals surface area contributed by atoms with Crippen molar-refractivity contribution in [2.24, 2.45) is 0 Å². The van der Waals surface area contributed by atoms with Gasteiger partial charge in [-0.05, 0) is 83.5 Å². The number of carbonyl (C=O) groups is 1. The molecule has 0 bridgehead atoms. The minimum absolute atomic E-state index is 0.0238. The SMILES string of the molecule is CCOc1nc2c(C(O)(c3ccccn3)c3ccc(F)cn3)cc(-c3c(C)noc3C)cc2n1C(=O)OC(C)(C)C. The Morgan fingerprint density at radius 3 is 2.44 bits per heavy atom. The molecule has 4 heterocycles. The number of rotatable bonds is 6. The Labute approximate surface area is 235 Å². The van der Waals surface area contributed by atoms with Crippen LogP contribution in [-0.2, 0) is 10.3 Å². The molecule has 0 aliphatic carbocycles. The van der Waals surface area contributed by atoms with Crippen LogP contribution in [0.2, 0.25) is 0 Å². The van der Waals surface area contributed by atoms with Crippen LogP contribution in [0.4, 0.5) is 9.18 Å². The number of aromatic nitrogens is 5. The number of aryl methyl sites for hydroxylation is 2. The number of imidazole rings is 1. The molecular formula is C30H30FN5O5. The molecule has 1 aromatic carbocycles. The lowest BCUT2D eigenvalue weighted by Gasteiger charge is -2.28. The second-order valence-corrected chi connectivity index (χ2v) is 10.5. The number of hydrogen-bond donors (Lipinski definition) is 1. The lowest BCUT2D eigenvalue weighted by Crippen LogP contribution is -2.32. The number of pyridine rings is 2. The van der Waals surface area contributed by atoms with Crippen molar-refractivity contribution in [2.75, 3.05) is 6.61 Å². The number of ether oxygens (including phenoxy) is 2. The molecular weight excluding hydrogens is 529 g/mol. The van der Waals surface area contributed by atoms with E-state index < -0.39 is 23.1 Å². The summed E-state index contributed by atoms with van der Waals surface area (Å²) < 4.78 is 32.1. The maximum absolute atomic E-state index is 14.0. The fourth-order valence-electron chi connectivity index (χ4n) is 4.75. The average Bonchev–Trinajstić information content (AvgIpc) is 3.46. The highest BCUT2D eigenvalue weighted by Gasteiger charge is 2.41. The number of fused-ring (bicyclic) bond motifs is 1. The third kappa shape index (κ3) is 5.04. The van der Waals surface area contributed by atoms with Gasteiger partial charge in [0.25, 0.3) is 0 Å². The van der Waals surface area contributed by atoms with Gasteiger partial charge in [0.15, 0.2) is 5.60 Å². The van der Waals surface area contributed by atoms with Gasteiger partial charge in [-0.25, -0.2) is 9.18 Å². The normalized spacial score (nSPS) is 13.3. The minimum atomic E-state index is -2.03. The monoisotopic (exact) mass is 559 g/mol. The van der Waals surface area contributed by atoms with E-state index in [9.17, 15) is 14.3 Å². The molecule has 212 valence electrons. The molecule has 1 unspecified atom stereocenters. The first kappa shape index (κ1) is 27.9. The van der Waals surface area contributed by atoms with Crippen LogP contribution in [0.15, 0.2) is 59.4 Å². The molecule has 0 fully saturated rings. The molecule has 5 rings (SSSR count). The summed E-state index contributed by atoms with van der Waals surface area (Å²) in [6.07, 6.45) is 1.83. The molecule has 0 radical (unpaired) electrons. The van der Waals surface area contributed by atoms with Crippen LogP contribution in [0.25, 0.3) is 22.2 Å². The lowest BCUT2D eigenvalue weighted by molar-refractivity contribution is 0.0527. The standard InChI is InChI=1S/C30H30FN5O5/c1-7-39-27-34-26-21(30(38,23-10-8-9-13-32-23)24-12-11-20(31)16-33-24)14-19(25-17(2)35-41-18(25)3)15-22(26)36(27)28(37)40-29(4,5)6/h8-16,38H,7H2,1-6H3. The van der Waals surface area contributed by atoms with Gasteiger partial charge in [0, 0.05) is 17.3 Å². The summed E-state index contributed by atoms with van der Waals surface area (Å²) in [6, 6.07) is 11.1. The summed E-state index contributed by atoms with van der Waals surface area (Å²) in [4.78, 5) is 26.9. The molecule has 0 amide bonds. The zero-order valence-electron chi connectivity index (χ0n) is 23.6. The lowest BCUT2D eigenvalue weighted by atomic mass is 9.83. The number of aliphatic hydroxyl groups is 1. The van der Waals surface area contributed by atoms with Crippen LogP contribution in [-0.4, -0.2) is 48.1 Å². The van der Waals surface area contributed by atoms with E-state index >= 15 is 0 Å². The number of carbonyl (C=O) groups excluding carboxylic acids is 1. The largest absolute Gasteiger partial charge is 0.465 e. The van der Waals surface area contributed by atoms with Crippen LogP contribution in [0.5, 0.6) is 6.01 Å². The van der Waals surface area contributed by atoms with Gasteiger partial charge in [0.1, 0.15) is 22.7 Å². The third-order valence-corrected chi connectivity index (χ3v) is 6.42. The van der Waals surface area contributed by atoms with Gasteiger partial charge in [-0.15, -0.1) is 0 Å². The van der Waals surface area contributed by atoms with Crippen molar-refractivity contribution in [3.8, 4) is 17.1 Å². The van der Waals surface area contributed by atoms with Crippen LogP contribution >= 0.6 is 0 Å². The average molecular weight is 560 g/mol. The molecule has 1 atom stereocenters. The van der Waals surface area contributed by atoms with Gasteiger partial charge in [-0.2, -0.15) is 9.55 Å². The van der Waals surface area contributed by atoms with E-state index in [2.05, 4.69) is 20.1 Å². The molecule has 41 heavy (non-hydrogen) atoms. The molecule has 11 heteroatoms. The summed E-state index contributed by atoms with van der Waals surface area (Å²) in [7, 11) is 0. The van der Waals surface area contributed by atoms with Crippen molar-refractivity contribution in [3.05, 3.63) is 89.1 Å². The fraction of sp³-hybridized carbons (Fsp3) is 0.300. The van der Waals surface area contributed by atoms with Crippen LogP contribution in [0.3, 0.4) is 0 Å². The molecule has 1 N–H and O–H groups in total. The van der Waals surface area contributed by atoms with E-state index in [0.29, 0.717) is 28.1 Å². The van der Waals surface area contributed by atoms with E-state index in [1.165, 1.54) is 22.9 Å². The summed E-state index contributed by atoms with van der Waals surface area (Å²) in [6.45, 7) is 10.8. The number of benzene rings is 1. The van der Waals surface area contributed by atoms with Crippen molar-refractivity contribution < 1.29 is 28.3 Å². The number of hydrogen-bond acceptors (Lipinski definition) is 9. The molecule has 5 aromatic rings. The Morgan fingerprint density at radius 1 is 1.10 bits per heavy atom. The second-order valence-electron chi connectivity index (χ2n) is 10.5. The Hall–Kier alpha value is -4.64. The van der Waals surface area contributed by atoms with Crippen molar-refractivity contribution >= 4 is 17.1 Å². The van der Waals surface area contributed by atoms with Gasteiger partial charge < -0.3 is 19.1 Å². The Balaban J connectivity index is 1.93. The Morgan fingerprint density at radius 2 is 1.85 bits per heavy atom. The topological polar surface area (TPSA) is 125 Å². The highest BCUT2D eigenvalue weighted by molar-refractivity contribution is 5.94. The summed E-state index contributed by atoms with van der Waals surface area (Å²) in [5, 5.41) is 16.7. The number of halogens is 1. The fourth-order valence-corrected chi connectivity index (χ4v) is 4.75. The second kappa shape index (κ2) is 10.4. The molecule has 0 saturated heterocycles. The van der Waals surface area contributed by atoms with Crippen LogP contribution < -0.4 is 4.74 Å². The smallest absolute Gasteiger partial charge is 0.423 e. The van der Waals surface area contributed by atoms with Gasteiger partial charge in [0.2, 0.25) is 0 Å². The van der Waals surface area contributed by atoms with Crippen molar-refractivity contribution in [1.29, 1.82) is 0 Å². The first-order valence-electron chi connectivity index (χ1n) is 13.1. The first-order valence-corrected chi connectivity index (χ1v) is 13.1. The third-order valence-electron chi connectivity index (χ3n) is 6.42.